The quantitative estimate of drug-likeness (QED) is 0.845. The highest BCUT2D eigenvalue weighted by Crippen LogP contribution is 2.26. The van der Waals surface area contributed by atoms with Gasteiger partial charge in [0.15, 0.2) is 0 Å². The van der Waals surface area contributed by atoms with E-state index in [1.54, 1.807) is 4.90 Å². The molecule has 1 saturated heterocycles. The van der Waals surface area contributed by atoms with E-state index in [1.165, 1.54) is 36.3 Å². The van der Waals surface area contributed by atoms with Crippen LogP contribution in [0.1, 0.15) is 41.8 Å². The van der Waals surface area contributed by atoms with Crippen LogP contribution in [-0.2, 0) is 0 Å². The van der Waals surface area contributed by atoms with Gasteiger partial charge >= 0.3 is 0 Å². The lowest BCUT2D eigenvalue weighted by atomic mass is 10.0. The van der Waals surface area contributed by atoms with Gasteiger partial charge in [0.1, 0.15) is 6.29 Å². The van der Waals surface area contributed by atoms with E-state index < -0.39 is 0 Å². The minimum atomic E-state index is 0.761. The lowest BCUT2D eigenvalue weighted by Crippen LogP contribution is -3.17. The van der Waals surface area contributed by atoms with E-state index in [4.69, 9.17) is 0 Å². The summed E-state index contributed by atoms with van der Waals surface area (Å²) in [6, 6.07) is 4.77. The number of aryl methyl sites for hydroxylation is 2. The molecule has 0 aromatic heterocycles. The second-order valence-electron chi connectivity index (χ2n) is 6.08. The molecule has 0 saturated carbocycles. The Labute approximate surface area is 122 Å². The Morgan fingerprint density at radius 1 is 1.25 bits per heavy atom. The van der Waals surface area contributed by atoms with Gasteiger partial charge in [-0.25, -0.2) is 0 Å². The van der Waals surface area contributed by atoms with Crippen molar-refractivity contribution in [3.63, 3.8) is 0 Å². The fourth-order valence-electron chi connectivity index (χ4n) is 3.36. The van der Waals surface area contributed by atoms with Crippen LogP contribution in [0.25, 0.3) is 0 Å². The van der Waals surface area contributed by atoms with Crippen molar-refractivity contribution in [2.75, 3.05) is 31.1 Å². The summed E-state index contributed by atoms with van der Waals surface area (Å²) in [5.41, 5.74) is 4.56. The van der Waals surface area contributed by atoms with E-state index in [0.29, 0.717) is 0 Å². The van der Waals surface area contributed by atoms with Gasteiger partial charge in [-0.3, -0.25) is 4.79 Å². The molecule has 3 nitrogen and oxygen atoms in total. The third-order valence-corrected chi connectivity index (χ3v) is 4.68. The number of hydrogen-bond donors (Lipinski definition) is 1. The van der Waals surface area contributed by atoms with Crippen molar-refractivity contribution < 1.29 is 9.69 Å². The predicted octanol–water partition coefficient (Wildman–Crippen LogP) is 1.62. The van der Waals surface area contributed by atoms with E-state index in [1.807, 2.05) is 12.1 Å². The first-order valence-electron chi connectivity index (χ1n) is 7.72. The van der Waals surface area contributed by atoms with Gasteiger partial charge in [0.05, 0.1) is 32.2 Å². The molecule has 0 spiro atoms. The molecule has 0 bridgehead atoms. The summed E-state index contributed by atoms with van der Waals surface area (Å²) in [5, 5.41) is 0. The molecular weight excluding hydrogens is 248 g/mol. The molecule has 1 heterocycles. The zero-order chi connectivity index (χ0) is 14.7. The van der Waals surface area contributed by atoms with Gasteiger partial charge < -0.3 is 9.80 Å². The number of nitrogens with one attached hydrogen (secondary N) is 1. The molecule has 0 unspecified atom stereocenters. The molecule has 0 aliphatic carbocycles. The second kappa shape index (κ2) is 6.40. The first kappa shape index (κ1) is 15.0. The number of benzene rings is 1. The number of carbonyl (C=O) groups excluding carboxylic acids is 1. The SMILES string of the molecule is CC[C@@H](C)[NH+]1CCN(c2c(C)cc(C=O)cc2C)CC1. The summed E-state index contributed by atoms with van der Waals surface area (Å²) in [7, 11) is 0. The number of hydrogen-bond acceptors (Lipinski definition) is 2. The largest absolute Gasteiger partial charge is 0.360 e. The number of rotatable bonds is 4. The molecule has 1 N–H and O–H groups in total. The Morgan fingerprint density at radius 2 is 1.80 bits per heavy atom. The molecule has 1 aromatic rings. The Bertz CT molecular complexity index is 453. The minimum absolute atomic E-state index is 0.761. The lowest BCUT2D eigenvalue weighted by Gasteiger charge is -2.37. The standard InChI is InChI=1S/C17H26N2O/c1-5-15(4)18-6-8-19(9-7-18)17-13(2)10-16(12-20)11-14(17)3/h10-12,15H,5-9H2,1-4H3/p+1/t15-/m1/s1. The normalized spacial score (nSPS) is 18.1. The third-order valence-electron chi connectivity index (χ3n) is 4.68. The maximum absolute atomic E-state index is 10.9. The molecule has 1 aromatic carbocycles. The van der Waals surface area contributed by atoms with Crippen LogP contribution in [-0.4, -0.2) is 38.5 Å². The summed E-state index contributed by atoms with van der Waals surface area (Å²) in [5.74, 6) is 0. The molecular formula is C17H27N2O+. The van der Waals surface area contributed by atoms with Crippen LogP contribution in [0.5, 0.6) is 0 Å². The highest BCUT2D eigenvalue weighted by Gasteiger charge is 2.25. The molecule has 1 fully saturated rings. The molecule has 1 atom stereocenters. The van der Waals surface area contributed by atoms with Gasteiger partial charge in [0, 0.05) is 11.3 Å². The van der Waals surface area contributed by atoms with Gasteiger partial charge in [-0.1, -0.05) is 6.92 Å². The molecule has 2 rings (SSSR count). The average Bonchev–Trinajstić information content (AvgIpc) is 2.46. The number of nitrogens with zero attached hydrogens (tertiary/aromatic N) is 1. The van der Waals surface area contributed by atoms with Gasteiger partial charge in [0.2, 0.25) is 0 Å². The van der Waals surface area contributed by atoms with Crippen molar-refractivity contribution in [2.24, 2.45) is 0 Å². The van der Waals surface area contributed by atoms with Gasteiger partial charge in [0.25, 0.3) is 0 Å². The van der Waals surface area contributed by atoms with Crippen LogP contribution in [0, 0.1) is 13.8 Å². The smallest absolute Gasteiger partial charge is 0.150 e. The molecule has 0 radical (unpaired) electrons. The fraction of sp³-hybridized carbons (Fsp3) is 0.588. The fourth-order valence-corrected chi connectivity index (χ4v) is 3.36. The van der Waals surface area contributed by atoms with Crippen LogP contribution in [0.15, 0.2) is 12.1 Å². The Hall–Kier alpha value is -1.35. The zero-order valence-electron chi connectivity index (χ0n) is 13.2. The highest BCUT2D eigenvalue weighted by molar-refractivity contribution is 5.78. The summed E-state index contributed by atoms with van der Waals surface area (Å²) < 4.78 is 0. The average molecular weight is 275 g/mol. The molecule has 110 valence electrons. The molecule has 1 aliphatic heterocycles. The first-order valence-corrected chi connectivity index (χ1v) is 7.72. The van der Waals surface area contributed by atoms with Gasteiger partial charge in [-0.05, 0) is 50.5 Å². The summed E-state index contributed by atoms with van der Waals surface area (Å²) in [6.45, 7) is 13.5. The van der Waals surface area contributed by atoms with Crippen molar-refractivity contribution in [3.8, 4) is 0 Å². The van der Waals surface area contributed by atoms with E-state index in [-0.39, 0.29) is 0 Å². The van der Waals surface area contributed by atoms with Crippen molar-refractivity contribution in [2.45, 2.75) is 40.2 Å². The van der Waals surface area contributed by atoms with E-state index in [2.05, 4.69) is 32.6 Å². The molecule has 1 aliphatic rings. The monoisotopic (exact) mass is 275 g/mol. The first-order chi connectivity index (χ1) is 9.56. The van der Waals surface area contributed by atoms with E-state index in [9.17, 15) is 4.79 Å². The molecule has 20 heavy (non-hydrogen) atoms. The molecule has 0 amide bonds. The Morgan fingerprint density at radius 3 is 2.25 bits per heavy atom. The van der Waals surface area contributed by atoms with Crippen LogP contribution < -0.4 is 9.80 Å². The van der Waals surface area contributed by atoms with Crippen molar-refractivity contribution in [1.29, 1.82) is 0 Å². The number of piperazine rings is 1. The number of aldehydes is 1. The van der Waals surface area contributed by atoms with Gasteiger partial charge in [-0.2, -0.15) is 0 Å². The molecule has 3 heteroatoms. The maximum atomic E-state index is 10.9. The summed E-state index contributed by atoms with van der Waals surface area (Å²) in [4.78, 5) is 15.1. The van der Waals surface area contributed by atoms with Crippen LogP contribution in [0.2, 0.25) is 0 Å². The number of quaternary nitrogens is 1. The van der Waals surface area contributed by atoms with Crippen LogP contribution in [0.4, 0.5) is 5.69 Å². The van der Waals surface area contributed by atoms with Gasteiger partial charge in [-0.15, -0.1) is 0 Å². The Balaban J connectivity index is 2.13. The second-order valence-corrected chi connectivity index (χ2v) is 6.08. The lowest BCUT2D eigenvalue weighted by molar-refractivity contribution is -0.924. The Kier molecular flexibility index (Phi) is 4.81. The summed E-state index contributed by atoms with van der Waals surface area (Å²) in [6.07, 6.45) is 2.19. The minimum Gasteiger partial charge on any atom is -0.360 e. The van der Waals surface area contributed by atoms with Crippen molar-refractivity contribution in [3.05, 3.63) is 28.8 Å². The van der Waals surface area contributed by atoms with Crippen LogP contribution in [0.3, 0.4) is 0 Å². The summed E-state index contributed by atoms with van der Waals surface area (Å²) >= 11 is 0. The van der Waals surface area contributed by atoms with Crippen molar-refractivity contribution >= 4 is 12.0 Å². The van der Waals surface area contributed by atoms with Crippen molar-refractivity contribution in [1.82, 2.24) is 0 Å². The predicted molar refractivity (Wildman–Crippen MR) is 84.0 cm³/mol. The topological polar surface area (TPSA) is 24.8 Å². The van der Waals surface area contributed by atoms with E-state index in [0.717, 1.165) is 31.0 Å². The van der Waals surface area contributed by atoms with Crippen LogP contribution >= 0.6 is 0 Å². The number of carbonyl (C=O) groups is 1. The maximum Gasteiger partial charge on any atom is 0.150 e. The number of anilines is 1. The zero-order valence-corrected chi connectivity index (χ0v) is 13.2. The highest BCUT2D eigenvalue weighted by atomic mass is 16.1. The third kappa shape index (κ3) is 3.04. The van der Waals surface area contributed by atoms with E-state index >= 15 is 0 Å².